The van der Waals surface area contributed by atoms with Crippen LogP contribution in [0.4, 0.5) is 5.69 Å². The Hall–Kier alpha value is -2.64. The van der Waals surface area contributed by atoms with Gasteiger partial charge in [0.25, 0.3) is 5.91 Å². The van der Waals surface area contributed by atoms with E-state index >= 15 is 0 Å². The highest BCUT2D eigenvalue weighted by atomic mass is 32.1. The van der Waals surface area contributed by atoms with Crippen LogP contribution in [0, 0.1) is 18.3 Å². The minimum atomic E-state index is -0.148. The molecule has 3 rings (SSSR count). The number of hydrogen-bond acceptors (Lipinski definition) is 3. The van der Waals surface area contributed by atoms with Gasteiger partial charge in [0, 0.05) is 21.2 Å². The Morgan fingerprint density at radius 1 is 1.24 bits per heavy atom. The quantitative estimate of drug-likeness (QED) is 0.764. The number of rotatable bonds is 2. The van der Waals surface area contributed by atoms with E-state index < -0.39 is 0 Å². The van der Waals surface area contributed by atoms with Crippen LogP contribution in [0.3, 0.4) is 0 Å². The first-order chi connectivity index (χ1) is 10.2. The predicted octanol–water partition coefficient (Wildman–Crippen LogP) is 4.33. The van der Waals surface area contributed by atoms with Gasteiger partial charge in [-0.2, -0.15) is 5.26 Å². The second-order valence-corrected chi connectivity index (χ2v) is 5.65. The lowest BCUT2D eigenvalue weighted by Crippen LogP contribution is -2.12. The second-order valence-electron chi connectivity index (χ2n) is 4.74. The number of thiophene rings is 1. The van der Waals surface area contributed by atoms with Crippen molar-refractivity contribution >= 4 is 33.0 Å². The fraction of sp³-hybridized carbons (Fsp3) is 0.0588. The van der Waals surface area contributed by atoms with Crippen molar-refractivity contribution in [3.8, 4) is 6.07 Å². The normalized spacial score (nSPS) is 10.3. The van der Waals surface area contributed by atoms with Crippen LogP contribution < -0.4 is 5.32 Å². The molecule has 0 fully saturated rings. The Balaban J connectivity index is 1.95. The minimum Gasteiger partial charge on any atom is -0.322 e. The van der Waals surface area contributed by atoms with Crippen LogP contribution in [0.2, 0.25) is 0 Å². The van der Waals surface area contributed by atoms with E-state index in [2.05, 4.69) is 11.4 Å². The van der Waals surface area contributed by atoms with Crippen molar-refractivity contribution in [2.45, 2.75) is 6.92 Å². The molecular weight excluding hydrogens is 280 g/mol. The molecule has 0 aliphatic rings. The van der Waals surface area contributed by atoms with Gasteiger partial charge in [-0.25, -0.2) is 0 Å². The molecule has 0 saturated carbocycles. The monoisotopic (exact) mass is 292 g/mol. The number of carbonyl (C=O) groups is 1. The maximum absolute atomic E-state index is 12.5. The van der Waals surface area contributed by atoms with Crippen LogP contribution in [0.5, 0.6) is 0 Å². The first-order valence-corrected chi connectivity index (χ1v) is 7.35. The lowest BCUT2D eigenvalue weighted by Gasteiger charge is -2.08. The number of amides is 1. The molecule has 1 N–H and O–H groups in total. The molecule has 0 unspecified atom stereocenters. The van der Waals surface area contributed by atoms with E-state index in [1.54, 1.807) is 23.5 Å². The van der Waals surface area contributed by atoms with Crippen molar-refractivity contribution in [3.05, 3.63) is 64.5 Å². The zero-order chi connectivity index (χ0) is 14.8. The third-order valence-electron chi connectivity index (χ3n) is 3.34. The van der Waals surface area contributed by atoms with Gasteiger partial charge in [-0.15, -0.1) is 11.3 Å². The second kappa shape index (κ2) is 5.39. The zero-order valence-electron chi connectivity index (χ0n) is 11.4. The number of hydrogen-bond donors (Lipinski definition) is 1. The van der Waals surface area contributed by atoms with Gasteiger partial charge in [-0.3, -0.25) is 4.79 Å². The average Bonchev–Trinajstić information content (AvgIpc) is 2.93. The molecule has 2 aromatic carbocycles. The summed E-state index contributed by atoms with van der Waals surface area (Å²) in [6.45, 7) is 1.91. The molecular formula is C17H12N2OS. The summed E-state index contributed by atoms with van der Waals surface area (Å²) in [7, 11) is 0. The van der Waals surface area contributed by atoms with Gasteiger partial charge >= 0.3 is 0 Å². The van der Waals surface area contributed by atoms with Gasteiger partial charge in [-0.1, -0.05) is 24.3 Å². The largest absolute Gasteiger partial charge is 0.322 e. The van der Waals surface area contributed by atoms with Gasteiger partial charge in [-0.05, 0) is 30.7 Å². The number of benzene rings is 2. The van der Waals surface area contributed by atoms with E-state index in [1.807, 2.05) is 42.6 Å². The summed E-state index contributed by atoms with van der Waals surface area (Å²) in [5.41, 5.74) is 2.81. The number of carbonyl (C=O) groups excluding carboxylic acids is 1. The highest BCUT2D eigenvalue weighted by Crippen LogP contribution is 2.27. The molecule has 0 aliphatic heterocycles. The van der Waals surface area contributed by atoms with Crippen molar-refractivity contribution < 1.29 is 4.79 Å². The predicted molar refractivity (Wildman–Crippen MR) is 85.7 cm³/mol. The van der Waals surface area contributed by atoms with E-state index in [9.17, 15) is 4.79 Å². The number of fused-ring (bicyclic) bond motifs is 1. The SMILES string of the molecule is Cc1ccc(C#N)cc1NC(=O)c1csc2ccccc12. The summed E-state index contributed by atoms with van der Waals surface area (Å²) in [6.07, 6.45) is 0. The lowest BCUT2D eigenvalue weighted by molar-refractivity contribution is 0.102. The standard InChI is InChI=1S/C17H12N2OS/c1-11-6-7-12(9-18)8-15(11)19-17(20)14-10-21-16-5-3-2-4-13(14)16/h2-8,10H,1H3,(H,19,20). The third-order valence-corrected chi connectivity index (χ3v) is 4.30. The maximum Gasteiger partial charge on any atom is 0.257 e. The molecule has 1 heterocycles. The number of aryl methyl sites for hydroxylation is 1. The highest BCUT2D eigenvalue weighted by Gasteiger charge is 2.13. The summed E-state index contributed by atoms with van der Waals surface area (Å²) in [6, 6.07) is 15.2. The fourth-order valence-corrected chi connectivity index (χ4v) is 3.11. The van der Waals surface area contributed by atoms with Gasteiger partial charge in [0.05, 0.1) is 17.2 Å². The molecule has 1 amide bonds. The van der Waals surface area contributed by atoms with Crippen molar-refractivity contribution in [1.29, 1.82) is 5.26 Å². The zero-order valence-corrected chi connectivity index (χ0v) is 12.2. The molecule has 0 spiro atoms. The number of nitrogens with zero attached hydrogens (tertiary/aromatic N) is 1. The van der Waals surface area contributed by atoms with E-state index in [-0.39, 0.29) is 5.91 Å². The Kier molecular flexibility index (Phi) is 3.43. The molecule has 3 aromatic rings. The first kappa shape index (κ1) is 13.3. The molecule has 0 bridgehead atoms. The van der Waals surface area contributed by atoms with E-state index in [4.69, 9.17) is 5.26 Å². The number of nitriles is 1. The summed E-state index contributed by atoms with van der Waals surface area (Å²) < 4.78 is 1.09. The first-order valence-electron chi connectivity index (χ1n) is 6.47. The minimum absolute atomic E-state index is 0.148. The Morgan fingerprint density at radius 3 is 2.86 bits per heavy atom. The van der Waals surface area contributed by atoms with E-state index in [0.29, 0.717) is 16.8 Å². The molecule has 21 heavy (non-hydrogen) atoms. The lowest BCUT2D eigenvalue weighted by atomic mass is 10.1. The van der Waals surface area contributed by atoms with Crippen LogP contribution in [0.1, 0.15) is 21.5 Å². The van der Waals surface area contributed by atoms with Gasteiger partial charge in [0.2, 0.25) is 0 Å². The average molecular weight is 292 g/mol. The number of nitrogens with one attached hydrogen (secondary N) is 1. The van der Waals surface area contributed by atoms with Crippen LogP contribution >= 0.6 is 11.3 Å². The van der Waals surface area contributed by atoms with Gasteiger partial charge in [0.15, 0.2) is 0 Å². The topological polar surface area (TPSA) is 52.9 Å². The van der Waals surface area contributed by atoms with Gasteiger partial charge < -0.3 is 5.32 Å². The van der Waals surface area contributed by atoms with Crippen molar-refractivity contribution in [1.82, 2.24) is 0 Å². The van der Waals surface area contributed by atoms with Crippen molar-refractivity contribution in [2.75, 3.05) is 5.32 Å². The van der Waals surface area contributed by atoms with Crippen LogP contribution in [0.15, 0.2) is 47.8 Å². The Morgan fingerprint density at radius 2 is 2.05 bits per heavy atom. The summed E-state index contributed by atoms with van der Waals surface area (Å²) >= 11 is 1.55. The Labute approximate surface area is 126 Å². The molecule has 0 atom stereocenters. The van der Waals surface area contributed by atoms with E-state index in [0.717, 1.165) is 15.6 Å². The molecule has 3 nitrogen and oxygen atoms in total. The molecule has 0 radical (unpaired) electrons. The fourth-order valence-electron chi connectivity index (χ4n) is 2.17. The number of anilines is 1. The van der Waals surface area contributed by atoms with Crippen LogP contribution in [-0.2, 0) is 0 Å². The van der Waals surface area contributed by atoms with Crippen molar-refractivity contribution in [3.63, 3.8) is 0 Å². The molecule has 0 aliphatic carbocycles. The molecule has 4 heteroatoms. The molecule has 102 valence electrons. The van der Waals surface area contributed by atoms with Crippen molar-refractivity contribution in [2.24, 2.45) is 0 Å². The Bertz CT molecular complexity index is 874. The van der Waals surface area contributed by atoms with E-state index in [1.165, 1.54) is 0 Å². The molecule has 1 aromatic heterocycles. The summed E-state index contributed by atoms with van der Waals surface area (Å²) in [5, 5.41) is 14.7. The van der Waals surface area contributed by atoms with Gasteiger partial charge in [0.1, 0.15) is 0 Å². The van der Waals surface area contributed by atoms with Crippen LogP contribution in [0.25, 0.3) is 10.1 Å². The summed E-state index contributed by atoms with van der Waals surface area (Å²) in [4.78, 5) is 12.5. The summed E-state index contributed by atoms with van der Waals surface area (Å²) in [5.74, 6) is -0.148. The smallest absolute Gasteiger partial charge is 0.257 e. The highest BCUT2D eigenvalue weighted by molar-refractivity contribution is 7.17. The third kappa shape index (κ3) is 2.51. The maximum atomic E-state index is 12.5. The molecule has 0 saturated heterocycles. The van der Waals surface area contributed by atoms with Crippen LogP contribution in [-0.4, -0.2) is 5.91 Å².